The van der Waals surface area contributed by atoms with E-state index in [0.717, 1.165) is 4.88 Å². The van der Waals surface area contributed by atoms with Gasteiger partial charge in [-0.1, -0.05) is 6.07 Å². The summed E-state index contributed by atoms with van der Waals surface area (Å²) in [6.07, 6.45) is 1.05. The van der Waals surface area contributed by atoms with Crippen molar-refractivity contribution in [3.8, 4) is 10.6 Å². The molecule has 0 atom stereocenters. The zero-order valence-electron chi connectivity index (χ0n) is 14.5. The molecule has 1 fully saturated rings. The summed E-state index contributed by atoms with van der Waals surface area (Å²) < 4.78 is 6.26. The maximum Gasteiger partial charge on any atom is 0.409 e. The number of aromatic nitrogens is 2. The molecule has 0 radical (unpaired) electrons. The Morgan fingerprint density at radius 2 is 1.96 bits per heavy atom. The Morgan fingerprint density at radius 1 is 1.23 bits per heavy atom. The van der Waals surface area contributed by atoms with E-state index in [1.54, 1.807) is 16.7 Å². The van der Waals surface area contributed by atoms with Gasteiger partial charge in [0.05, 0.1) is 23.5 Å². The largest absolute Gasteiger partial charge is 0.450 e. The fraction of sp³-hybridized carbons (Fsp3) is 0.412. The molecule has 9 heteroatoms. The smallest absolute Gasteiger partial charge is 0.409 e. The molecule has 8 nitrogen and oxygen atoms in total. The highest BCUT2D eigenvalue weighted by molar-refractivity contribution is 7.13. The lowest BCUT2D eigenvalue weighted by atomic mass is 10.3. The minimum atomic E-state index is -0.357. The van der Waals surface area contributed by atoms with E-state index in [-0.39, 0.29) is 24.1 Å². The third-order valence-electron chi connectivity index (χ3n) is 4.12. The van der Waals surface area contributed by atoms with Crippen molar-refractivity contribution in [1.29, 1.82) is 0 Å². The molecule has 0 saturated carbocycles. The molecular formula is C17H20N4O4S. The van der Waals surface area contributed by atoms with Crippen LogP contribution in [0.4, 0.5) is 4.79 Å². The number of nitrogens with zero attached hydrogens (tertiary/aromatic N) is 4. The molecule has 26 heavy (non-hydrogen) atoms. The number of hydrogen-bond acceptors (Lipinski definition) is 6. The first kappa shape index (κ1) is 18.1. The molecule has 0 bridgehead atoms. The summed E-state index contributed by atoms with van der Waals surface area (Å²) in [5, 5.41) is 1.92. The van der Waals surface area contributed by atoms with Gasteiger partial charge in [0.25, 0.3) is 5.56 Å². The van der Waals surface area contributed by atoms with Crippen LogP contribution in [0.5, 0.6) is 0 Å². The van der Waals surface area contributed by atoms with Gasteiger partial charge in [-0.05, 0) is 18.4 Å². The summed E-state index contributed by atoms with van der Waals surface area (Å²) in [5.41, 5.74) is 0.346. The van der Waals surface area contributed by atoms with Gasteiger partial charge in [-0.25, -0.2) is 9.78 Å². The maximum atomic E-state index is 12.4. The zero-order valence-corrected chi connectivity index (χ0v) is 15.3. The van der Waals surface area contributed by atoms with E-state index in [1.807, 2.05) is 17.5 Å². The average molecular weight is 376 g/mol. The molecule has 3 rings (SSSR count). The second kappa shape index (κ2) is 8.13. The first-order valence-electron chi connectivity index (χ1n) is 8.38. The van der Waals surface area contributed by atoms with Gasteiger partial charge < -0.3 is 14.5 Å². The summed E-state index contributed by atoms with van der Waals surface area (Å²) in [6.45, 7) is 3.72. The molecule has 1 aliphatic rings. The third kappa shape index (κ3) is 4.10. The number of carbonyl (C=O) groups is 2. The highest BCUT2D eigenvalue weighted by Crippen LogP contribution is 2.20. The molecule has 0 aromatic carbocycles. The Bertz CT molecular complexity index is 826. The lowest BCUT2D eigenvalue weighted by molar-refractivity contribution is -0.133. The number of amides is 2. The third-order valence-corrected chi connectivity index (χ3v) is 5.01. The minimum absolute atomic E-state index is 0.0596. The molecule has 1 saturated heterocycles. The summed E-state index contributed by atoms with van der Waals surface area (Å²) in [6, 6.07) is 5.23. The fourth-order valence-corrected chi connectivity index (χ4v) is 3.40. The first-order valence-corrected chi connectivity index (χ1v) is 9.26. The Balaban J connectivity index is 1.59. The van der Waals surface area contributed by atoms with Crippen LogP contribution in [-0.4, -0.2) is 64.1 Å². The predicted molar refractivity (Wildman–Crippen MR) is 97.0 cm³/mol. The molecule has 0 aliphatic carbocycles. The quantitative estimate of drug-likeness (QED) is 0.802. The molecule has 0 unspecified atom stereocenters. The van der Waals surface area contributed by atoms with Crippen LogP contribution >= 0.6 is 11.3 Å². The first-order chi connectivity index (χ1) is 12.6. The average Bonchev–Trinajstić information content (AvgIpc) is 3.18. The van der Waals surface area contributed by atoms with Gasteiger partial charge in [-0.3, -0.25) is 14.2 Å². The van der Waals surface area contributed by atoms with Crippen LogP contribution in [0.25, 0.3) is 10.6 Å². The van der Waals surface area contributed by atoms with E-state index >= 15 is 0 Å². The number of thiophene rings is 1. The molecular weight excluding hydrogens is 356 g/mol. The molecule has 3 heterocycles. The monoisotopic (exact) mass is 376 g/mol. The highest BCUT2D eigenvalue weighted by atomic mass is 32.1. The van der Waals surface area contributed by atoms with Gasteiger partial charge in [0.2, 0.25) is 5.91 Å². The lowest BCUT2D eigenvalue weighted by Crippen LogP contribution is -2.51. The maximum absolute atomic E-state index is 12.4. The van der Waals surface area contributed by atoms with Crippen molar-refractivity contribution >= 4 is 23.3 Å². The molecule has 0 N–H and O–H groups in total. The van der Waals surface area contributed by atoms with Crippen molar-refractivity contribution in [1.82, 2.24) is 19.4 Å². The molecule has 2 aromatic heterocycles. The standard InChI is InChI=1S/C17H20N4O4S/c1-2-25-17(24)20-7-5-19(6-8-20)16(23)11-21-12-18-13(10-15(21)22)14-4-3-9-26-14/h3-4,9-10,12H,2,5-8,11H2,1H3. The molecule has 138 valence electrons. The van der Waals surface area contributed by atoms with Gasteiger partial charge in [-0.2, -0.15) is 0 Å². The number of carbonyl (C=O) groups excluding carboxylic acids is 2. The van der Waals surface area contributed by atoms with E-state index in [1.165, 1.54) is 28.3 Å². The van der Waals surface area contributed by atoms with Crippen molar-refractivity contribution in [2.45, 2.75) is 13.5 Å². The Hall–Kier alpha value is -2.68. The van der Waals surface area contributed by atoms with Crippen LogP contribution in [-0.2, 0) is 16.1 Å². The normalized spacial score (nSPS) is 14.3. The van der Waals surface area contributed by atoms with Crippen molar-refractivity contribution in [3.63, 3.8) is 0 Å². The summed E-state index contributed by atoms with van der Waals surface area (Å²) in [5.74, 6) is -0.165. The van der Waals surface area contributed by atoms with Crippen LogP contribution in [0, 0.1) is 0 Å². The van der Waals surface area contributed by atoms with Gasteiger partial charge in [0, 0.05) is 32.2 Å². The highest BCUT2D eigenvalue weighted by Gasteiger charge is 2.25. The lowest BCUT2D eigenvalue weighted by Gasteiger charge is -2.34. The Kier molecular flexibility index (Phi) is 5.67. The summed E-state index contributed by atoms with van der Waals surface area (Å²) in [7, 11) is 0. The van der Waals surface area contributed by atoms with Crippen LogP contribution in [0.2, 0.25) is 0 Å². The van der Waals surface area contributed by atoms with Crippen molar-refractivity contribution in [3.05, 3.63) is 40.3 Å². The minimum Gasteiger partial charge on any atom is -0.450 e. The van der Waals surface area contributed by atoms with Crippen LogP contribution in [0.1, 0.15) is 6.92 Å². The van der Waals surface area contributed by atoms with Gasteiger partial charge >= 0.3 is 6.09 Å². The van der Waals surface area contributed by atoms with E-state index in [4.69, 9.17) is 4.74 Å². The zero-order chi connectivity index (χ0) is 18.5. The molecule has 2 amide bonds. The molecule has 2 aromatic rings. The predicted octanol–water partition coefficient (Wildman–Crippen LogP) is 1.27. The number of rotatable bonds is 4. The topological polar surface area (TPSA) is 84.7 Å². The van der Waals surface area contributed by atoms with Crippen molar-refractivity contribution < 1.29 is 14.3 Å². The molecule has 1 aliphatic heterocycles. The van der Waals surface area contributed by atoms with Gasteiger partial charge in [0.15, 0.2) is 0 Å². The van der Waals surface area contributed by atoms with Crippen molar-refractivity contribution in [2.75, 3.05) is 32.8 Å². The van der Waals surface area contributed by atoms with Gasteiger partial charge in [-0.15, -0.1) is 11.3 Å². The number of hydrogen-bond donors (Lipinski definition) is 0. The second-order valence-corrected chi connectivity index (χ2v) is 6.73. The SMILES string of the molecule is CCOC(=O)N1CCN(C(=O)Cn2cnc(-c3cccs3)cc2=O)CC1. The van der Waals surface area contributed by atoms with Crippen LogP contribution < -0.4 is 5.56 Å². The fourth-order valence-electron chi connectivity index (χ4n) is 2.70. The summed E-state index contributed by atoms with van der Waals surface area (Å²) >= 11 is 1.50. The number of ether oxygens (including phenoxy) is 1. The van der Waals surface area contributed by atoms with E-state index in [9.17, 15) is 14.4 Å². The summed E-state index contributed by atoms with van der Waals surface area (Å²) in [4.78, 5) is 44.8. The van der Waals surface area contributed by atoms with Crippen LogP contribution in [0.3, 0.4) is 0 Å². The Morgan fingerprint density at radius 3 is 2.58 bits per heavy atom. The van der Waals surface area contributed by atoms with Gasteiger partial charge in [0.1, 0.15) is 6.54 Å². The second-order valence-electron chi connectivity index (χ2n) is 5.78. The molecule has 0 spiro atoms. The van der Waals surface area contributed by atoms with E-state index < -0.39 is 0 Å². The van der Waals surface area contributed by atoms with Crippen molar-refractivity contribution in [2.24, 2.45) is 0 Å². The van der Waals surface area contributed by atoms with E-state index in [2.05, 4.69) is 4.98 Å². The Labute approximate surface area is 154 Å². The van der Waals surface area contributed by atoms with Crippen LogP contribution in [0.15, 0.2) is 34.7 Å². The van der Waals surface area contributed by atoms with E-state index in [0.29, 0.717) is 38.5 Å². The number of piperazine rings is 1.